The van der Waals surface area contributed by atoms with Gasteiger partial charge in [0.15, 0.2) is 5.12 Å². The highest BCUT2D eigenvalue weighted by Crippen LogP contribution is 2.11. The Morgan fingerprint density at radius 3 is 2.62 bits per heavy atom. The van der Waals surface area contributed by atoms with E-state index in [1.165, 1.54) is 11.8 Å². The average Bonchev–Trinajstić information content (AvgIpc) is 2.59. The van der Waals surface area contributed by atoms with Gasteiger partial charge in [0.25, 0.3) is 0 Å². The molecule has 0 amide bonds. The summed E-state index contributed by atoms with van der Waals surface area (Å²) in [5, 5.41) is 10.4. The molecule has 0 spiro atoms. The van der Waals surface area contributed by atoms with Crippen molar-refractivity contribution in [2.75, 3.05) is 18.1 Å². The molecule has 1 atom stereocenters. The van der Waals surface area contributed by atoms with Crippen LogP contribution in [0.3, 0.4) is 0 Å². The molecule has 1 N–H and O–H groups in total. The van der Waals surface area contributed by atoms with E-state index >= 15 is 0 Å². The van der Waals surface area contributed by atoms with E-state index in [0.717, 1.165) is 11.3 Å². The van der Waals surface area contributed by atoms with Crippen LogP contribution in [0, 0.1) is 0 Å². The molecule has 0 fully saturated rings. The van der Waals surface area contributed by atoms with Gasteiger partial charge in [0.2, 0.25) is 0 Å². The van der Waals surface area contributed by atoms with Gasteiger partial charge in [-0.15, -0.1) is 0 Å². The molecule has 0 bridgehead atoms. The summed E-state index contributed by atoms with van der Waals surface area (Å²) >= 11 is 3.02. The molecule has 0 aliphatic rings. The summed E-state index contributed by atoms with van der Waals surface area (Å²) in [6, 6.07) is 9.65. The molecule has 4 nitrogen and oxygen atoms in total. The topological polar surface area (TPSA) is 63.6 Å². The molecule has 26 heavy (non-hydrogen) atoms. The lowest BCUT2D eigenvalue weighted by Gasteiger charge is -2.08. The second-order valence-electron chi connectivity index (χ2n) is 6.01. The second-order valence-corrected chi connectivity index (χ2v) is 8.85. The van der Waals surface area contributed by atoms with Crippen LogP contribution in [0.25, 0.3) is 0 Å². The van der Waals surface area contributed by atoms with Crippen molar-refractivity contribution in [2.45, 2.75) is 44.5 Å². The first kappa shape index (κ1) is 22.8. The molecule has 0 aromatic heterocycles. The molecule has 0 saturated heterocycles. The summed E-state index contributed by atoms with van der Waals surface area (Å²) in [5.74, 6) is 1.04. The number of esters is 1. The van der Waals surface area contributed by atoms with Gasteiger partial charge in [-0.2, -0.15) is 11.8 Å². The molecule has 1 rings (SSSR count). The first-order chi connectivity index (χ1) is 12.5. The van der Waals surface area contributed by atoms with Crippen LogP contribution in [0.15, 0.2) is 42.5 Å². The lowest BCUT2D eigenvalue weighted by molar-refractivity contribution is -0.144. The lowest BCUT2D eigenvalue weighted by Crippen LogP contribution is -2.15. The van der Waals surface area contributed by atoms with Gasteiger partial charge in [0, 0.05) is 17.9 Å². The Kier molecular flexibility index (Phi) is 12.2. The third kappa shape index (κ3) is 12.2. The predicted octanol–water partition coefficient (Wildman–Crippen LogP) is 3.87. The number of ether oxygens (including phenoxy) is 1. The number of hydrogen-bond acceptors (Lipinski definition) is 6. The van der Waals surface area contributed by atoms with Gasteiger partial charge in [-0.25, -0.2) is 0 Å². The minimum Gasteiger partial charge on any atom is -0.465 e. The minimum absolute atomic E-state index is 0.0388. The molecule has 144 valence electrons. The van der Waals surface area contributed by atoms with Crippen LogP contribution < -0.4 is 0 Å². The Morgan fingerprint density at radius 1 is 1.19 bits per heavy atom. The zero-order valence-electron chi connectivity index (χ0n) is 15.4. The third-order valence-electron chi connectivity index (χ3n) is 3.27. The highest BCUT2D eigenvalue weighted by Gasteiger charge is 2.09. The summed E-state index contributed by atoms with van der Waals surface area (Å²) < 4.78 is 5.08. The number of aliphatic hydroxyl groups excluding tert-OH is 1. The van der Waals surface area contributed by atoms with Gasteiger partial charge in [-0.3, -0.25) is 9.59 Å². The smallest absolute Gasteiger partial charge is 0.308 e. The SMILES string of the molecule is CC(C)SCCOC(=O)C[C@H](O)/C=C/CCSC(=O)Cc1ccccc1. The summed E-state index contributed by atoms with van der Waals surface area (Å²) in [4.78, 5) is 23.4. The summed E-state index contributed by atoms with van der Waals surface area (Å²) in [5.41, 5.74) is 1.02. The molecule has 0 aliphatic carbocycles. The van der Waals surface area contributed by atoms with Crippen molar-refractivity contribution in [3.63, 3.8) is 0 Å². The summed E-state index contributed by atoms with van der Waals surface area (Å²) in [6.45, 7) is 4.56. The van der Waals surface area contributed by atoms with E-state index in [-0.39, 0.29) is 17.5 Å². The zero-order chi connectivity index (χ0) is 19.2. The maximum absolute atomic E-state index is 11.8. The lowest BCUT2D eigenvalue weighted by atomic mass is 10.2. The van der Waals surface area contributed by atoms with Crippen LogP contribution in [-0.2, 0) is 20.7 Å². The van der Waals surface area contributed by atoms with Crippen LogP contribution in [0.4, 0.5) is 0 Å². The average molecular weight is 397 g/mol. The Balaban J connectivity index is 2.09. The molecule has 0 heterocycles. The molecule has 0 unspecified atom stereocenters. The quantitative estimate of drug-likeness (QED) is 0.329. The van der Waals surface area contributed by atoms with Crippen molar-refractivity contribution in [1.82, 2.24) is 0 Å². The Hall–Kier alpha value is -1.24. The number of allylic oxidation sites excluding steroid dienone is 1. The van der Waals surface area contributed by atoms with Gasteiger partial charge < -0.3 is 9.84 Å². The standard InChI is InChI=1S/C20H28O4S2/c1-16(2)25-13-11-24-19(22)15-18(21)10-6-7-12-26-20(23)14-17-8-4-3-5-9-17/h3-6,8-10,16,18,21H,7,11-15H2,1-2H3/b10-6+/t18-/m1/s1. The maximum Gasteiger partial charge on any atom is 0.308 e. The number of carbonyl (C=O) groups is 2. The second kappa shape index (κ2) is 13.9. The van der Waals surface area contributed by atoms with Crippen molar-refractivity contribution >= 4 is 34.6 Å². The minimum atomic E-state index is -0.842. The van der Waals surface area contributed by atoms with Gasteiger partial charge >= 0.3 is 5.97 Å². The van der Waals surface area contributed by atoms with E-state index in [1.54, 1.807) is 23.9 Å². The largest absolute Gasteiger partial charge is 0.465 e. The molecule has 0 radical (unpaired) electrons. The zero-order valence-corrected chi connectivity index (χ0v) is 17.1. The van der Waals surface area contributed by atoms with E-state index in [1.807, 2.05) is 30.3 Å². The molecular formula is C20H28O4S2. The van der Waals surface area contributed by atoms with E-state index in [4.69, 9.17) is 4.74 Å². The summed E-state index contributed by atoms with van der Waals surface area (Å²) in [6.07, 6.45) is 3.61. The Labute approximate surface area is 164 Å². The molecule has 0 aliphatic heterocycles. The van der Waals surface area contributed by atoms with Crippen molar-refractivity contribution in [1.29, 1.82) is 0 Å². The predicted molar refractivity (Wildman–Crippen MR) is 111 cm³/mol. The van der Waals surface area contributed by atoms with E-state index in [2.05, 4.69) is 13.8 Å². The highest BCUT2D eigenvalue weighted by molar-refractivity contribution is 8.13. The normalized spacial score (nSPS) is 12.5. The van der Waals surface area contributed by atoms with Crippen molar-refractivity contribution in [2.24, 2.45) is 0 Å². The third-order valence-corrected chi connectivity index (χ3v) is 5.25. The van der Waals surface area contributed by atoms with Crippen molar-refractivity contribution in [3.05, 3.63) is 48.0 Å². The first-order valence-electron chi connectivity index (χ1n) is 8.79. The first-order valence-corrected chi connectivity index (χ1v) is 10.8. The van der Waals surface area contributed by atoms with Gasteiger partial charge in [0.1, 0.15) is 6.61 Å². The fourth-order valence-corrected chi connectivity index (χ4v) is 3.45. The monoisotopic (exact) mass is 396 g/mol. The van der Waals surface area contributed by atoms with Crippen molar-refractivity contribution < 1.29 is 19.4 Å². The van der Waals surface area contributed by atoms with Crippen LogP contribution in [0.1, 0.15) is 32.3 Å². The number of rotatable bonds is 12. The number of carbonyl (C=O) groups excluding carboxylic acids is 2. The Morgan fingerprint density at radius 2 is 1.92 bits per heavy atom. The van der Waals surface area contributed by atoms with E-state index in [0.29, 0.717) is 30.5 Å². The molecule has 6 heteroatoms. The molecular weight excluding hydrogens is 368 g/mol. The number of aliphatic hydroxyl groups is 1. The fraction of sp³-hybridized carbons (Fsp3) is 0.500. The van der Waals surface area contributed by atoms with Gasteiger partial charge in [0.05, 0.1) is 12.5 Å². The van der Waals surface area contributed by atoms with Crippen LogP contribution in [0.2, 0.25) is 0 Å². The molecule has 1 aromatic rings. The van der Waals surface area contributed by atoms with Crippen LogP contribution in [-0.4, -0.2) is 45.7 Å². The van der Waals surface area contributed by atoms with E-state index < -0.39 is 6.10 Å². The van der Waals surface area contributed by atoms with Crippen molar-refractivity contribution in [3.8, 4) is 0 Å². The highest BCUT2D eigenvalue weighted by atomic mass is 32.2. The van der Waals surface area contributed by atoms with Gasteiger partial charge in [-0.05, 0) is 17.2 Å². The van der Waals surface area contributed by atoms with E-state index in [9.17, 15) is 14.7 Å². The van der Waals surface area contributed by atoms with Crippen LogP contribution >= 0.6 is 23.5 Å². The number of thioether (sulfide) groups is 2. The summed E-state index contributed by atoms with van der Waals surface area (Å²) in [7, 11) is 0. The number of hydrogen-bond donors (Lipinski definition) is 1. The number of benzene rings is 1. The fourth-order valence-electron chi connectivity index (χ4n) is 2.04. The maximum atomic E-state index is 11.8. The molecule has 1 aromatic carbocycles. The molecule has 0 saturated carbocycles. The van der Waals surface area contributed by atoms with Gasteiger partial charge in [-0.1, -0.05) is 68.1 Å². The Bertz CT molecular complexity index is 558. The van der Waals surface area contributed by atoms with Crippen LogP contribution in [0.5, 0.6) is 0 Å².